The van der Waals surface area contributed by atoms with Gasteiger partial charge in [-0.2, -0.15) is 15.0 Å². The second kappa shape index (κ2) is 13.6. The third-order valence-corrected chi connectivity index (χ3v) is 8.60. The van der Waals surface area contributed by atoms with Crippen molar-refractivity contribution >= 4 is 29.6 Å². The average molecular weight is 576 g/mol. The molecule has 3 saturated heterocycles. The van der Waals surface area contributed by atoms with Crippen molar-refractivity contribution in [2.24, 2.45) is 0 Å². The molecule has 0 bridgehead atoms. The van der Waals surface area contributed by atoms with Gasteiger partial charge < -0.3 is 24.2 Å². The van der Waals surface area contributed by atoms with E-state index in [0.717, 1.165) is 39.3 Å². The average Bonchev–Trinajstić information content (AvgIpc) is 3.06. The lowest BCUT2D eigenvalue weighted by molar-refractivity contribution is -0.130. The van der Waals surface area contributed by atoms with E-state index in [1.807, 2.05) is 4.90 Å². The first kappa shape index (κ1) is 27.9. The maximum absolute atomic E-state index is 13.3. The van der Waals surface area contributed by atoms with Crippen molar-refractivity contribution in [1.82, 2.24) is 24.8 Å². The summed E-state index contributed by atoms with van der Waals surface area (Å²) in [6.45, 7) is 8.62. The van der Waals surface area contributed by atoms with Crippen molar-refractivity contribution in [2.75, 3.05) is 94.3 Å². The van der Waals surface area contributed by atoms with Gasteiger partial charge in [0.1, 0.15) is 0 Å². The number of hydrogen-bond donors (Lipinski definition) is 0. The number of benzene rings is 2. The first-order valence-corrected chi connectivity index (χ1v) is 15.4. The molecule has 0 atom stereocenters. The minimum absolute atomic E-state index is 0.117. The molecular formula is C30H37N7O3S. The molecule has 0 radical (unpaired) electrons. The van der Waals surface area contributed by atoms with Gasteiger partial charge in [-0.15, -0.1) is 0 Å². The van der Waals surface area contributed by atoms with Crippen molar-refractivity contribution in [1.29, 1.82) is 0 Å². The fourth-order valence-electron chi connectivity index (χ4n) is 5.54. The lowest BCUT2D eigenvalue weighted by atomic mass is 9.96. The number of morpholine rings is 2. The molecule has 0 aliphatic carbocycles. The lowest BCUT2D eigenvalue weighted by Gasteiger charge is -2.39. The summed E-state index contributed by atoms with van der Waals surface area (Å²) >= 11 is 1.40. The van der Waals surface area contributed by atoms with Crippen LogP contribution in [-0.2, 0) is 14.3 Å². The number of carbonyl (C=O) groups is 1. The molecule has 6 rings (SSSR count). The first-order chi connectivity index (χ1) is 20.2. The van der Waals surface area contributed by atoms with Gasteiger partial charge in [0.05, 0.1) is 38.2 Å². The summed E-state index contributed by atoms with van der Waals surface area (Å²) in [7, 11) is 0. The summed E-state index contributed by atoms with van der Waals surface area (Å²) in [6.07, 6.45) is 0. The minimum atomic E-state index is 0.117. The third-order valence-electron chi connectivity index (χ3n) is 7.77. The van der Waals surface area contributed by atoms with Crippen molar-refractivity contribution in [3.05, 3.63) is 71.8 Å². The van der Waals surface area contributed by atoms with E-state index >= 15 is 0 Å². The smallest absolute Gasteiger partial charge is 0.233 e. The highest BCUT2D eigenvalue weighted by molar-refractivity contribution is 7.99. The van der Waals surface area contributed by atoms with Gasteiger partial charge in [-0.3, -0.25) is 9.69 Å². The van der Waals surface area contributed by atoms with Gasteiger partial charge in [0.2, 0.25) is 17.8 Å². The van der Waals surface area contributed by atoms with Crippen LogP contribution in [0.1, 0.15) is 17.2 Å². The predicted octanol–water partition coefficient (Wildman–Crippen LogP) is 2.57. The molecule has 0 N–H and O–H groups in total. The molecular weight excluding hydrogens is 538 g/mol. The normalized spacial score (nSPS) is 18.6. The predicted molar refractivity (Wildman–Crippen MR) is 159 cm³/mol. The number of rotatable bonds is 8. The fraction of sp³-hybridized carbons (Fsp3) is 0.467. The Morgan fingerprint density at radius 3 is 1.66 bits per heavy atom. The molecule has 3 fully saturated rings. The summed E-state index contributed by atoms with van der Waals surface area (Å²) in [5.41, 5.74) is 2.55. The van der Waals surface area contributed by atoms with Crippen LogP contribution in [-0.4, -0.2) is 115 Å². The summed E-state index contributed by atoms with van der Waals surface area (Å²) in [4.78, 5) is 36.3. The van der Waals surface area contributed by atoms with Crippen molar-refractivity contribution in [2.45, 2.75) is 11.2 Å². The number of thioether (sulfide) groups is 1. The number of nitrogens with zero attached hydrogens (tertiary/aromatic N) is 7. The van der Waals surface area contributed by atoms with Crippen molar-refractivity contribution in [3.8, 4) is 0 Å². The van der Waals surface area contributed by atoms with Crippen LogP contribution < -0.4 is 9.80 Å². The SMILES string of the molecule is O=C(CSc1nc(N2CCOCC2)nc(N2CCOCC2)n1)N1CCN(C(c2ccccc2)c2ccccc2)CC1. The Balaban J connectivity index is 1.10. The number of ether oxygens (including phenoxy) is 2. The molecule has 3 aromatic rings. The zero-order valence-electron chi connectivity index (χ0n) is 23.3. The topological polar surface area (TPSA) is 87.2 Å². The van der Waals surface area contributed by atoms with E-state index in [2.05, 4.69) is 75.4 Å². The Bertz CT molecular complexity index is 1190. The largest absolute Gasteiger partial charge is 0.378 e. The van der Waals surface area contributed by atoms with Gasteiger partial charge in [0.25, 0.3) is 0 Å². The minimum Gasteiger partial charge on any atom is -0.378 e. The van der Waals surface area contributed by atoms with Gasteiger partial charge in [0, 0.05) is 52.4 Å². The Morgan fingerprint density at radius 1 is 0.683 bits per heavy atom. The molecule has 11 heteroatoms. The highest BCUT2D eigenvalue weighted by Gasteiger charge is 2.28. The van der Waals surface area contributed by atoms with Crippen LogP contribution in [0.5, 0.6) is 0 Å². The molecule has 2 aromatic carbocycles. The molecule has 216 valence electrons. The molecule has 0 unspecified atom stereocenters. The molecule has 41 heavy (non-hydrogen) atoms. The number of hydrogen-bond acceptors (Lipinski definition) is 10. The highest BCUT2D eigenvalue weighted by atomic mass is 32.2. The van der Waals surface area contributed by atoms with E-state index < -0.39 is 0 Å². The van der Waals surface area contributed by atoms with E-state index in [4.69, 9.17) is 24.4 Å². The first-order valence-electron chi connectivity index (χ1n) is 14.4. The Labute approximate surface area is 245 Å². The standard InChI is InChI=1S/C30H37N7O3S/c38-26(34-11-13-35(14-12-34)27(24-7-3-1-4-8-24)25-9-5-2-6-10-25)23-41-30-32-28(36-15-19-39-20-16-36)31-29(33-30)37-17-21-40-22-18-37/h1-10,27H,11-23H2. The van der Waals surface area contributed by atoms with Crippen LogP contribution >= 0.6 is 11.8 Å². The van der Waals surface area contributed by atoms with Crippen molar-refractivity contribution in [3.63, 3.8) is 0 Å². The Kier molecular flexibility index (Phi) is 9.26. The maximum Gasteiger partial charge on any atom is 0.233 e. The Morgan fingerprint density at radius 2 is 1.17 bits per heavy atom. The number of carbonyl (C=O) groups excluding carboxylic acids is 1. The van der Waals surface area contributed by atoms with Crippen LogP contribution in [0.4, 0.5) is 11.9 Å². The van der Waals surface area contributed by atoms with E-state index in [0.29, 0.717) is 62.3 Å². The van der Waals surface area contributed by atoms with Gasteiger partial charge in [-0.25, -0.2) is 0 Å². The summed E-state index contributed by atoms with van der Waals surface area (Å²) in [6, 6.07) is 21.4. The zero-order chi connectivity index (χ0) is 27.9. The second-order valence-corrected chi connectivity index (χ2v) is 11.3. The van der Waals surface area contributed by atoms with Crippen LogP contribution in [0.3, 0.4) is 0 Å². The van der Waals surface area contributed by atoms with Crippen LogP contribution in [0, 0.1) is 0 Å². The molecule has 1 aromatic heterocycles. The summed E-state index contributed by atoms with van der Waals surface area (Å²) < 4.78 is 11.0. The second-order valence-electron chi connectivity index (χ2n) is 10.3. The van der Waals surface area contributed by atoms with Gasteiger partial charge in [-0.05, 0) is 11.1 Å². The fourth-order valence-corrected chi connectivity index (χ4v) is 6.27. The lowest BCUT2D eigenvalue weighted by Crippen LogP contribution is -2.50. The van der Waals surface area contributed by atoms with Crippen molar-refractivity contribution < 1.29 is 14.3 Å². The number of anilines is 2. The number of amides is 1. The van der Waals surface area contributed by atoms with E-state index in [-0.39, 0.29) is 11.9 Å². The molecule has 3 aliphatic heterocycles. The molecule has 3 aliphatic rings. The third kappa shape index (κ3) is 6.98. The van der Waals surface area contributed by atoms with Crippen LogP contribution in [0.2, 0.25) is 0 Å². The quantitative estimate of drug-likeness (QED) is 0.374. The maximum atomic E-state index is 13.3. The van der Waals surface area contributed by atoms with Crippen LogP contribution in [0.25, 0.3) is 0 Å². The zero-order valence-corrected chi connectivity index (χ0v) is 24.1. The van der Waals surface area contributed by atoms with Crippen LogP contribution in [0.15, 0.2) is 65.8 Å². The molecule has 4 heterocycles. The van der Waals surface area contributed by atoms with E-state index in [9.17, 15) is 4.79 Å². The summed E-state index contributed by atoms with van der Waals surface area (Å²) in [5.74, 6) is 1.73. The monoisotopic (exact) mass is 575 g/mol. The molecule has 0 spiro atoms. The molecule has 1 amide bonds. The summed E-state index contributed by atoms with van der Waals surface area (Å²) in [5, 5.41) is 0.586. The van der Waals surface area contributed by atoms with Gasteiger partial charge in [0.15, 0.2) is 5.16 Å². The number of aromatic nitrogens is 3. The Hall–Kier alpha value is -3.25. The van der Waals surface area contributed by atoms with E-state index in [1.165, 1.54) is 22.9 Å². The van der Waals surface area contributed by atoms with Gasteiger partial charge in [-0.1, -0.05) is 72.4 Å². The van der Waals surface area contributed by atoms with Gasteiger partial charge >= 0.3 is 0 Å². The van der Waals surface area contributed by atoms with E-state index in [1.54, 1.807) is 0 Å². The highest BCUT2D eigenvalue weighted by Crippen LogP contribution is 2.30. The number of piperazine rings is 1. The molecule has 10 nitrogen and oxygen atoms in total. The molecule has 0 saturated carbocycles.